The fourth-order valence-corrected chi connectivity index (χ4v) is 3.44. The minimum atomic E-state index is 0.308. The first-order valence-electron chi connectivity index (χ1n) is 6.42. The van der Waals surface area contributed by atoms with Crippen LogP contribution >= 0.6 is 11.3 Å². The number of rotatable bonds is 4. The Morgan fingerprint density at radius 2 is 2.00 bits per heavy atom. The van der Waals surface area contributed by atoms with Crippen LogP contribution in [-0.2, 0) is 0 Å². The molecule has 0 saturated heterocycles. The molecule has 19 heavy (non-hydrogen) atoms. The molecule has 1 aromatic carbocycles. The molecule has 0 aliphatic carbocycles. The van der Waals surface area contributed by atoms with Gasteiger partial charge in [0, 0.05) is 29.1 Å². The van der Waals surface area contributed by atoms with Gasteiger partial charge in [-0.3, -0.25) is 4.98 Å². The molecular weight excluding hydrogens is 252 g/mol. The third-order valence-corrected chi connectivity index (χ3v) is 4.32. The van der Waals surface area contributed by atoms with E-state index < -0.39 is 0 Å². The van der Waals surface area contributed by atoms with Crippen LogP contribution in [0.1, 0.15) is 17.2 Å². The van der Waals surface area contributed by atoms with Gasteiger partial charge in [-0.1, -0.05) is 24.3 Å². The van der Waals surface area contributed by atoms with E-state index in [1.165, 1.54) is 15.6 Å². The van der Waals surface area contributed by atoms with Crippen LogP contribution in [0, 0.1) is 0 Å². The highest BCUT2D eigenvalue weighted by molar-refractivity contribution is 7.17. The van der Waals surface area contributed by atoms with Crippen LogP contribution in [-0.4, -0.2) is 18.6 Å². The normalized spacial score (nSPS) is 12.7. The van der Waals surface area contributed by atoms with Crippen molar-refractivity contribution in [3.8, 4) is 0 Å². The summed E-state index contributed by atoms with van der Waals surface area (Å²) in [7, 11) is 1.99. The number of hydrogen-bond donors (Lipinski definition) is 1. The first kappa shape index (κ1) is 12.3. The number of aromatic nitrogens is 1. The Bertz CT molecular complexity index is 661. The lowest BCUT2D eigenvalue weighted by Crippen LogP contribution is -2.18. The maximum absolute atomic E-state index is 4.53. The van der Waals surface area contributed by atoms with Gasteiger partial charge >= 0.3 is 0 Å². The Hall–Kier alpha value is -1.71. The van der Waals surface area contributed by atoms with E-state index in [2.05, 4.69) is 52.1 Å². The molecule has 1 N–H and O–H groups in total. The number of fused-ring (bicyclic) bond motifs is 1. The van der Waals surface area contributed by atoms with Crippen LogP contribution < -0.4 is 5.32 Å². The number of nitrogens with zero attached hydrogens (tertiary/aromatic N) is 1. The molecule has 0 bridgehead atoms. The van der Waals surface area contributed by atoms with Gasteiger partial charge < -0.3 is 5.32 Å². The quantitative estimate of drug-likeness (QED) is 0.781. The molecule has 3 heteroatoms. The molecule has 0 fully saturated rings. The van der Waals surface area contributed by atoms with E-state index in [4.69, 9.17) is 0 Å². The van der Waals surface area contributed by atoms with Crippen molar-refractivity contribution in [1.82, 2.24) is 10.3 Å². The van der Waals surface area contributed by atoms with E-state index in [1.54, 1.807) is 0 Å². The lowest BCUT2D eigenvalue weighted by atomic mass is 9.94. The SMILES string of the molecule is CNCC(c1ccccn1)c1csc2ccccc12. The third-order valence-electron chi connectivity index (χ3n) is 3.34. The van der Waals surface area contributed by atoms with E-state index in [0.717, 1.165) is 12.2 Å². The standard InChI is InChI=1S/C16H16N2S/c1-17-10-13(15-7-4-5-9-18-15)14-11-19-16-8-3-2-6-12(14)16/h2-9,11,13,17H,10H2,1H3. The van der Waals surface area contributed by atoms with Gasteiger partial charge in [0.2, 0.25) is 0 Å². The molecule has 0 aliphatic rings. The molecule has 0 radical (unpaired) electrons. The highest BCUT2D eigenvalue weighted by atomic mass is 32.1. The molecule has 96 valence electrons. The Kier molecular flexibility index (Phi) is 3.58. The number of thiophene rings is 1. The van der Waals surface area contributed by atoms with Gasteiger partial charge in [-0.05, 0) is 41.6 Å². The maximum atomic E-state index is 4.53. The molecule has 0 amide bonds. The highest BCUT2D eigenvalue weighted by Gasteiger charge is 2.18. The zero-order chi connectivity index (χ0) is 13.1. The molecule has 2 heterocycles. The fraction of sp³-hybridized carbons (Fsp3) is 0.188. The molecule has 0 saturated carbocycles. The predicted octanol–water partition coefficient (Wildman–Crippen LogP) is 3.65. The van der Waals surface area contributed by atoms with Crippen molar-refractivity contribution in [1.29, 1.82) is 0 Å². The summed E-state index contributed by atoms with van der Waals surface area (Å²) in [5, 5.41) is 6.89. The van der Waals surface area contributed by atoms with Crippen LogP contribution in [0.4, 0.5) is 0 Å². The van der Waals surface area contributed by atoms with E-state index in [1.807, 2.05) is 30.6 Å². The van der Waals surface area contributed by atoms with Crippen molar-refractivity contribution >= 4 is 21.4 Å². The summed E-state index contributed by atoms with van der Waals surface area (Å²) in [6.45, 7) is 0.901. The first-order chi connectivity index (χ1) is 9.40. The van der Waals surface area contributed by atoms with Crippen LogP contribution in [0.3, 0.4) is 0 Å². The van der Waals surface area contributed by atoms with Crippen LogP contribution in [0.5, 0.6) is 0 Å². The van der Waals surface area contributed by atoms with E-state index in [0.29, 0.717) is 5.92 Å². The zero-order valence-corrected chi connectivity index (χ0v) is 11.7. The average Bonchev–Trinajstić information content (AvgIpc) is 2.89. The smallest absolute Gasteiger partial charge is 0.0491 e. The second kappa shape index (κ2) is 5.51. The summed E-state index contributed by atoms with van der Waals surface area (Å²) >= 11 is 1.81. The lowest BCUT2D eigenvalue weighted by Gasteiger charge is -2.15. The van der Waals surface area contributed by atoms with Crippen molar-refractivity contribution < 1.29 is 0 Å². The van der Waals surface area contributed by atoms with Gasteiger partial charge in [-0.25, -0.2) is 0 Å². The lowest BCUT2D eigenvalue weighted by molar-refractivity contribution is 0.697. The number of hydrogen-bond acceptors (Lipinski definition) is 3. The Morgan fingerprint density at radius 3 is 2.79 bits per heavy atom. The summed E-state index contributed by atoms with van der Waals surface area (Å²) in [4.78, 5) is 4.53. The molecule has 0 aliphatic heterocycles. The minimum Gasteiger partial charge on any atom is -0.319 e. The number of nitrogens with one attached hydrogen (secondary N) is 1. The molecule has 2 aromatic heterocycles. The van der Waals surface area contributed by atoms with Gasteiger partial charge in [0.1, 0.15) is 0 Å². The third kappa shape index (κ3) is 2.39. The zero-order valence-electron chi connectivity index (χ0n) is 10.8. The van der Waals surface area contributed by atoms with Crippen molar-refractivity contribution in [2.45, 2.75) is 5.92 Å². The Labute approximate surface area is 117 Å². The summed E-state index contributed by atoms with van der Waals surface area (Å²) in [5.41, 5.74) is 2.49. The van der Waals surface area contributed by atoms with Gasteiger partial charge in [-0.15, -0.1) is 11.3 Å². The summed E-state index contributed by atoms with van der Waals surface area (Å²) < 4.78 is 1.34. The Morgan fingerprint density at radius 1 is 1.16 bits per heavy atom. The molecule has 3 aromatic rings. The second-order valence-electron chi connectivity index (χ2n) is 4.55. The topological polar surface area (TPSA) is 24.9 Å². The van der Waals surface area contributed by atoms with Crippen molar-refractivity contribution in [2.24, 2.45) is 0 Å². The first-order valence-corrected chi connectivity index (χ1v) is 7.30. The fourth-order valence-electron chi connectivity index (χ4n) is 2.43. The van der Waals surface area contributed by atoms with E-state index in [9.17, 15) is 0 Å². The summed E-state index contributed by atoms with van der Waals surface area (Å²) in [6.07, 6.45) is 1.87. The number of pyridine rings is 1. The minimum absolute atomic E-state index is 0.308. The van der Waals surface area contributed by atoms with Crippen molar-refractivity contribution in [2.75, 3.05) is 13.6 Å². The van der Waals surface area contributed by atoms with Crippen molar-refractivity contribution in [3.63, 3.8) is 0 Å². The molecular formula is C16H16N2S. The van der Waals surface area contributed by atoms with Crippen molar-refractivity contribution in [3.05, 3.63) is 65.3 Å². The van der Waals surface area contributed by atoms with Gasteiger partial charge in [0.15, 0.2) is 0 Å². The van der Waals surface area contributed by atoms with E-state index >= 15 is 0 Å². The monoisotopic (exact) mass is 268 g/mol. The second-order valence-corrected chi connectivity index (χ2v) is 5.46. The largest absolute Gasteiger partial charge is 0.319 e. The number of likely N-dealkylation sites (N-methyl/N-ethyl adjacent to an activating group) is 1. The molecule has 0 spiro atoms. The van der Waals surface area contributed by atoms with Gasteiger partial charge in [0.25, 0.3) is 0 Å². The molecule has 3 rings (SSSR count). The Balaban J connectivity index is 2.10. The van der Waals surface area contributed by atoms with Crippen LogP contribution in [0.25, 0.3) is 10.1 Å². The summed E-state index contributed by atoms with van der Waals surface area (Å²) in [5.74, 6) is 0.308. The average molecular weight is 268 g/mol. The highest BCUT2D eigenvalue weighted by Crippen LogP contribution is 2.33. The predicted molar refractivity (Wildman–Crippen MR) is 81.8 cm³/mol. The molecule has 1 unspecified atom stereocenters. The van der Waals surface area contributed by atoms with Gasteiger partial charge in [-0.2, -0.15) is 0 Å². The van der Waals surface area contributed by atoms with Crippen LogP contribution in [0.15, 0.2) is 54.0 Å². The molecule has 1 atom stereocenters. The maximum Gasteiger partial charge on any atom is 0.0491 e. The van der Waals surface area contributed by atoms with E-state index in [-0.39, 0.29) is 0 Å². The summed E-state index contributed by atoms with van der Waals surface area (Å²) in [6, 6.07) is 14.7. The molecule has 2 nitrogen and oxygen atoms in total. The number of benzene rings is 1. The van der Waals surface area contributed by atoms with Crippen LogP contribution in [0.2, 0.25) is 0 Å². The van der Waals surface area contributed by atoms with Gasteiger partial charge in [0.05, 0.1) is 0 Å².